The fourth-order valence-electron chi connectivity index (χ4n) is 1.89. The summed E-state index contributed by atoms with van der Waals surface area (Å²) in [5, 5.41) is 1.66. The summed E-state index contributed by atoms with van der Waals surface area (Å²) in [5.74, 6) is 0.956. The highest BCUT2D eigenvalue weighted by Crippen LogP contribution is 2.47. The van der Waals surface area contributed by atoms with E-state index in [0.29, 0.717) is 42.7 Å². The van der Waals surface area contributed by atoms with Gasteiger partial charge in [0.1, 0.15) is 11.5 Å². The Morgan fingerprint density at radius 3 is 2.15 bits per heavy atom. The second-order valence-corrected chi connectivity index (χ2v) is 5.54. The van der Waals surface area contributed by atoms with Crippen LogP contribution in [0, 0.1) is 0 Å². The van der Waals surface area contributed by atoms with Crippen molar-refractivity contribution in [3.63, 3.8) is 0 Å². The number of rotatable bonds is 3. The summed E-state index contributed by atoms with van der Waals surface area (Å²) >= 11 is 24.8. The van der Waals surface area contributed by atoms with Crippen molar-refractivity contribution in [3.05, 3.63) is 44.4 Å². The van der Waals surface area contributed by atoms with Gasteiger partial charge >= 0.3 is 0 Å². The van der Waals surface area contributed by atoms with Crippen LogP contribution in [0.2, 0.25) is 20.1 Å². The lowest BCUT2D eigenvalue weighted by Crippen LogP contribution is -1.93. The first-order valence-corrected chi connectivity index (χ1v) is 7.06. The van der Waals surface area contributed by atoms with Gasteiger partial charge in [0, 0.05) is 16.1 Å². The van der Waals surface area contributed by atoms with Gasteiger partial charge in [-0.1, -0.05) is 46.4 Å². The molecule has 0 N–H and O–H groups in total. The lowest BCUT2D eigenvalue weighted by molar-refractivity contribution is 0.414. The summed E-state index contributed by atoms with van der Waals surface area (Å²) in [4.78, 5) is 0. The average Bonchev–Trinajstić information content (AvgIpc) is 2.38. The van der Waals surface area contributed by atoms with Crippen LogP contribution < -0.4 is 9.47 Å². The SMILES string of the molecule is COc1ccc(Cl)c(-c2cc(Cl)cc(Cl)c2OC)c1Cl. The number of halogens is 4. The Bertz CT molecular complexity index is 656. The van der Waals surface area contributed by atoms with Crippen LogP contribution in [0.25, 0.3) is 11.1 Å². The summed E-state index contributed by atoms with van der Waals surface area (Å²) in [7, 11) is 3.04. The van der Waals surface area contributed by atoms with Crippen LogP contribution >= 0.6 is 46.4 Å². The van der Waals surface area contributed by atoms with E-state index in [0.717, 1.165) is 0 Å². The van der Waals surface area contributed by atoms with Gasteiger partial charge in [0.05, 0.1) is 29.3 Å². The van der Waals surface area contributed by atoms with E-state index < -0.39 is 0 Å². The van der Waals surface area contributed by atoms with E-state index in [-0.39, 0.29) is 0 Å². The maximum Gasteiger partial charge on any atom is 0.145 e. The fraction of sp³-hybridized carbons (Fsp3) is 0.143. The maximum atomic E-state index is 6.33. The van der Waals surface area contributed by atoms with E-state index in [4.69, 9.17) is 55.9 Å². The van der Waals surface area contributed by atoms with E-state index in [1.54, 1.807) is 24.3 Å². The first-order valence-electron chi connectivity index (χ1n) is 5.55. The van der Waals surface area contributed by atoms with Gasteiger partial charge in [0.15, 0.2) is 0 Å². The lowest BCUT2D eigenvalue weighted by atomic mass is 10.0. The molecule has 6 heteroatoms. The monoisotopic (exact) mass is 350 g/mol. The molecule has 0 atom stereocenters. The van der Waals surface area contributed by atoms with E-state index in [2.05, 4.69) is 0 Å². The highest BCUT2D eigenvalue weighted by molar-refractivity contribution is 6.41. The van der Waals surface area contributed by atoms with Crippen LogP contribution in [0.1, 0.15) is 0 Å². The fourth-order valence-corrected chi connectivity index (χ4v) is 3.11. The Labute approximate surface area is 137 Å². The Morgan fingerprint density at radius 2 is 1.55 bits per heavy atom. The van der Waals surface area contributed by atoms with Crippen molar-refractivity contribution in [3.8, 4) is 22.6 Å². The van der Waals surface area contributed by atoms with Crippen molar-refractivity contribution in [2.75, 3.05) is 14.2 Å². The maximum absolute atomic E-state index is 6.33. The van der Waals surface area contributed by atoms with Crippen molar-refractivity contribution in [1.29, 1.82) is 0 Å². The van der Waals surface area contributed by atoms with Crippen LogP contribution in [-0.4, -0.2) is 14.2 Å². The largest absolute Gasteiger partial charge is 0.495 e. The van der Waals surface area contributed by atoms with Crippen LogP contribution in [0.4, 0.5) is 0 Å². The van der Waals surface area contributed by atoms with Gasteiger partial charge in [-0.2, -0.15) is 0 Å². The minimum absolute atomic E-state index is 0.372. The molecule has 0 aliphatic rings. The van der Waals surface area contributed by atoms with E-state index in [9.17, 15) is 0 Å². The molecule has 2 aromatic rings. The second-order valence-electron chi connectivity index (χ2n) is 3.91. The molecule has 0 aliphatic carbocycles. The number of hydrogen-bond acceptors (Lipinski definition) is 2. The summed E-state index contributed by atoms with van der Waals surface area (Å²) in [6, 6.07) is 6.66. The van der Waals surface area contributed by atoms with Gasteiger partial charge in [-0.05, 0) is 24.3 Å². The predicted octanol–water partition coefficient (Wildman–Crippen LogP) is 5.98. The van der Waals surface area contributed by atoms with E-state index in [1.807, 2.05) is 0 Å². The Balaban J connectivity index is 2.80. The molecular weight excluding hydrogens is 342 g/mol. The Hall–Kier alpha value is -0.800. The normalized spacial score (nSPS) is 10.5. The van der Waals surface area contributed by atoms with Crippen molar-refractivity contribution < 1.29 is 9.47 Å². The molecule has 106 valence electrons. The van der Waals surface area contributed by atoms with Crippen LogP contribution in [0.5, 0.6) is 11.5 Å². The van der Waals surface area contributed by atoms with Gasteiger partial charge in [-0.25, -0.2) is 0 Å². The molecule has 20 heavy (non-hydrogen) atoms. The second kappa shape index (κ2) is 6.31. The Morgan fingerprint density at radius 1 is 0.850 bits per heavy atom. The first kappa shape index (κ1) is 15.6. The van der Waals surface area contributed by atoms with Gasteiger partial charge < -0.3 is 9.47 Å². The van der Waals surface area contributed by atoms with Crippen molar-refractivity contribution in [2.45, 2.75) is 0 Å². The molecule has 0 saturated carbocycles. The molecule has 0 aromatic heterocycles. The molecule has 0 spiro atoms. The third-order valence-corrected chi connectivity index (χ3v) is 3.95. The van der Waals surface area contributed by atoms with Gasteiger partial charge in [0.25, 0.3) is 0 Å². The predicted molar refractivity (Wildman–Crippen MR) is 85.0 cm³/mol. The highest BCUT2D eigenvalue weighted by Gasteiger charge is 2.19. The van der Waals surface area contributed by atoms with Gasteiger partial charge in [-0.15, -0.1) is 0 Å². The van der Waals surface area contributed by atoms with Crippen molar-refractivity contribution in [2.24, 2.45) is 0 Å². The topological polar surface area (TPSA) is 18.5 Å². The molecule has 0 saturated heterocycles. The Kier molecular flexibility index (Phi) is 4.92. The molecule has 0 heterocycles. The molecule has 0 fully saturated rings. The van der Waals surface area contributed by atoms with Crippen molar-refractivity contribution in [1.82, 2.24) is 0 Å². The molecule has 2 aromatic carbocycles. The zero-order valence-electron chi connectivity index (χ0n) is 10.6. The van der Waals surface area contributed by atoms with Gasteiger partial charge in [0.2, 0.25) is 0 Å². The minimum atomic E-state index is 0.372. The molecule has 0 amide bonds. The van der Waals surface area contributed by atoms with Crippen LogP contribution in [-0.2, 0) is 0 Å². The number of ether oxygens (including phenoxy) is 2. The number of hydrogen-bond donors (Lipinski definition) is 0. The quantitative estimate of drug-likeness (QED) is 0.676. The average molecular weight is 352 g/mol. The number of benzene rings is 2. The van der Waals surface area contributed by atoms with Crippen molar-refractivity contribution >= 4 is 46.4 Å². The lowest BCUT2D eigenvalue weighted by Gasteiger charge is -2.15. The zero-order chi connectivity index (χ0) is 14.9. The molecule has 2 rings (SSSR count). The summed E-state index contributed by atoms with van der Waals surface area (Å²) < 4.78 is 10.5. The van der Waals surface area contributed by atoms with Crippen LogP contribution in [0.3, 0.4) is 0 Å². The number of methoxy groups -OCH3 is 2. The third kappa shape index (κ3) is 2.79. The first-order chi connectivity index (χ1) is 9.49. The molecule has 0 radical (unpaired) electrons. The molecule has 2 nitrogen and oxygen atoms in total. The summed E-state index contributed by atoms with van der Waals surface area (Å²) in [5.41, 5.74) is 1.17. The van der Waals surface area contributed by atoms with Gasteiger partial charge in [-0.3, -0.25) is 0 Å². The standard InChI is InChI=1S/C14H10Cl4O2/c1-19-11-4-3-9(16)12(13(11)18)8-5-7(15)6-10(17)14(8)20-2/h3-6H,1-2H3. The third-order valence-electron chi connectivity index (χ3n) is 2.76. The molecule has 0 bridgehead atoms. The summed E-state index contributed by atoms with van der Waals surface area (Å²) in [6.45, 7) is 0. The molecule has 0 unspecified atom stereocenters. The molecular formula is C14H10Cl4O2. The van der Waals surface area contributed by atoms with E-state index >= 15 is 0 Å². The highest BCUT2D eigenvalue weighted by atomic mass is 35.5. The smallest absolute Gasteiger partial charge is 0.145 e. The van der Waals surface area contributed by atoms with Crippen LogP contribution in [0.15, 0.2) is 24.3 Å². The summed E-state index contributed by atoms with van der Waals surface area (Å²) in [6.07, 6.45) is 0. The minimum Gasteiger partial charge on any atom is -0.495 e. The molecule has 0 aliphatic heterocycles. The zero-order valence-corrected chi connectivity index (χ0v) is 13.7. The van der Waals surface area contributed by atoms with E-state index in [1.165, 1.54) is 14.2 Å².